The van der Waals surface area contributed by atoms with Crippen LogP contribution in [-0.2, 0) is 25.9 Å². The Labute approximate surface area is 154 Å². The Morgan fingerprint density at radius 3 is 2.46 bits per heavy atom. The molecule has 2 aromatic carbocycles. The molecule has 130 valence electrons. The Hall–Kier alpha value is -1.42. The van der Waals surface area contributed by atoms with E-state index in [9.17, 15) is 0 Å². The molecule has 1 aliphatic carbocycles. The molecule has 0 radical (unpaired) electrons. The van der Waals surface area contributed by atoms with Gasteiger partial charge in [-0.15, -0.1) is 12.4 Å². The van der Waals surface area contributed by atoms with Crippen LogP contribution in [0.4, 0.5) is 0 Å². The van der Waals surface area contributed by atoms with Gasteiger partial charge in [-0.25, -0.2) is 0 Å². The SMILES string of the molecule is COc1cc(CNCc2ccc3c(c2)CCC3)cc(Cl)c1OC.Cl. The Kier molecular flexibility index (Phi) is 6.79. The highest BCUT2D eigenvalue weighted by Crippen LogP contribution is 2.36. The second-order valence-corrected chi connectivity index (χ2v) is 6.28. The van der Waals surface area contributed by atoms with Gasteiger partial charge in [0.05, 0.1) is 19.2 Å². The van der Waals surface area contributed by atoms with Crippen molar-refractivity contribution >= 4 is 24.0 Å². The van der Waals surface area contributed by atoms with Gasteiger partial charge in [0.1, 0.15) is 0 Å². The number of nitrogens with one attached hydrogen (secondary N) is 1. The summed E-state index contributed by atoms with van der Waals surface area (Å²) < 4.78 is 10.6. The van der Waals surface area contributed by atoms with Crippen molar-refractivity contribution in [1.82, 2.24) is 5.32 Å². The molecule has 0 aliphatic heterocycles. The third kappa shape index (κ3) is 4.15. The van der Waals surface area contributed by atoms with Crippen LogP contribution in [0.3, 0.4) is 0 Å². The van der Waals surface area contributed by atoms with E-state index in [1.165, 1.54) is 36.0 Å². The van der Waals surface area contributed by atoms with Gasteiger partial charge in [-0.3, -0.25) is 0 Å². The smallest absolute Gasteiger partial charge is 0.179 e. The van der Waals surface area contributed by atoms with Gasteiger partial charge in [0.25, 0.3) is 0 Å². The van der Waals surface area contributed by atoms with Crippen LogP contribution in [0.1, 0.15) is 28.7 Å². The lowest BCUT2D eigenvalue weighted by Gasteiger charge is -2.12. The first-order valence-corrected chi connectivity index (χ1v) is 8.31. The molecule has 0 amide bonds. The van der Waals surface area contributed by atoms with Gasteiger partial charge >= 0.3 is 0 Å². The molecule has 0 unspecified atom stereocenters. The Balaban J connectivity index is 0.00000208. The number of rotatable bonds is 6. The molecule has 3 rings (SSSR count). The highest BCUT2D eigenvalue weighted by molar-refractivity contribution is 6.32. The summed E-state index contributed by atoms with van der Waals surface area (Å²) in [6.07, 6.45) is 3.73. The van der Waals surface area contributed by atoms with Crippen LogP contribution in [0.5, 0.6) is 11.5 Å². The normalized spacial score (nSPS) is 12.5. The van der Waals surface area contributed by atoms with Gasteiger partial charge < -0.3 is 14.8 Å². The number of hydrogen-bond acceptors (Lipinski definition) is 3. The van der Waals surface area contributed by atoms with Gasteiger partial charge in [0.2, 0.25) is 0 Å². The van der Waals surface area contributed by atoms with Crippen LogP contribution >= 0.6 is 24.0 Å². The van der Waals surface area contributed by atoms with Gasteiger partial charge in [-0.1, -0.05) is 29.8 Å². The fraction of sp³-hybridized carbons (Fsp3) is 0.368. The van der Waals surface area contributed by atoms with Crippen molar-refractivity contribution in [2.45, 2.75) is 32.4 Å². The number of hydrogen-bond donors (Lipinski definition) is 1. The van der Waals surface area contributed by atoms with E-state index < -0.39 is 0 Å². The average molecular weight is 368 g/mol. The molecule has 0 saturated carbocycles. The third-order valence-corrected chi connectivity index (χ3v) is 4.60. The number of fused-ring (bicyclic) bond motifs is 1. The zero-order valence-electron chi connectivity index (χ0n) is 14.0. The molecule has 0 spiro atoms. The maximum Gasteiger partial charge on any atom is 0.179 e. The van der Waals surface area contributed by atoms with Crippen molar-refractivity contribution in [3.63, 3.8) is 0 Å². The summed E-state index contributed by atoms with van der Waals surface area (Å²) in [6.45, 7) is 1.58. The quantitative estimate of drug-likeness (QED) is 0.811. The number of aryl methyl sites for hydroxylation is 2. The fourth-order valence-electron chi connectivity index (χ4n) is 3.16. The van der Waals surface area contributed by atoms with E-state index in [0.717, 1.165) is 18.7 Å². The second-order valence-electron chi connectivity index (χ2n) is 5.87. The summed E-state index contributed by atoms with van der Waals surface area (Å²) in [5, 5.41) is 4.04. The van der Waals surface area contributed by atoms with E-state index in [-0.39, 0.29) is 12.4 Å². The zero-order valence-corrected chi connectivity index (χ0v) is 15.6. The highest BCUT2D eigenvalue weighted by atomic mass is 35.5. The van der Waals surface area contributed by atoms with Crippen LogP contribution in [0.25, 0.3) is 0 Å². The summed E-state index contributed by atoms with van der Waals surface area (Å²) in [5.74, 6) is 1.24. The highest BCUT2D eigenvalue weighted by Gasteiger charge is 2.12. The number of benzene rings is 2. The van der Waals surface area contributed by atoms with Crippen molar-refractivity contribution in [1.29, 1.82) is 0 Å². The van der Waals surface area contributed by atoms with Crippen molar-refractivity contribution in [3.8, 4) is 11.5 Å². The second kappa shape index (κ2) is 8.61. The molecular weight excluding hydrogens is 345 g/mol. The van der Waals surface area contributed by atoms with Crippen molar-refractivity contribution in [3.05, 3.63) is 57.6 Å². The number of methoxy groups -OCH3 is 2. The van der Waals surface area contributed by atoms with Gasteiger partial charge in [-0.2, -0.15) is 0 Å². The Morgan fingerprint density at radius 2 is 1.71 bits per heavy atom. The molecule has 0 fully saturated rings. The largest absolute Gasteiger partial charge is 0.493 e. The molecule has 0 bridgehead atoms. The van der Waals surface area contributed by atoms with Gasteiger partial charge in [0, 0.05) is 13.1 Å². The monoisotopic (exact) mass is 367 g/mol. The number of ether oxygens (including phenoxy) is 2. The molecule has 5 heteroatoms. The topological polar surface area (TPSA) is 30.5 Å². The summed E-state index contributed by atoms with van der Waals surface area (Å²) in [6, 6.07) is 10.7. The van der Waals surface area contributed by atoms with Crippen molar-refractivity contribution in [2.24, 2.45) is 0 Å². The zero-order chi connectivity index (χ0) is 16.2. The summed E-state index contributed by atoms with van der Waals surface area (Å²) in [5.41, 5.74) is 5.44. The maximum absolute atomic E-state index is 6.24. The molecule has 2 aromatic rings. The lowest BCUT2D eigenvalue weighted by atomic mass is 10.1. The molecule has 1 N–H and O–H groups in total. The summed E-state index contributed by atoms with van der Waals surface area (Å²) in [7, 11) is 3.21. The molecule has 0 aromatic heterocycles. The predicted molar refractivity (Wildman–Crippen MR) is 101 cm³/mol. The maximum atomic E-state index is 6.24. The minimum absolute atomic E-state index is 0. The first-order valence-electron chi connectivity index (χ1n) is 7.93. The molecule has 0 saturated heterocycles. The summed E-state index contributed by atoms with van der Waals surface area (Å²) >= 11 is 6.24. The molecule has 24 heavy (non-hydrogen) atoms. The lowest BCUT2D eigenvalue weighted by molar-refractivity contribution is 0.354. The van der Waals surface area contributed by atoms with Gasteiger partial charge in [-0.05, 0) is 53.6 Å². The molecule has 3 nitrogen and oxygen atoms in total. The number of halogens is 2. The third-order valence-electron chi connectivity index (χ3n) is 4.31. The molecule has 1 aliphatic rings. The average Bonchev–Trinajstić information content (AvgIpc) is 3.02. The Morgan fingerprint density at radius 1 is 0.958 bits per heavy atom. The molecule has 0 atom stereocenters. The van der Waals surface area contributed by atoms with Gasteiger partial charge in [0.15, 0.2) is 11.5 Å². The summed E-state index contributed by atoms with van der Waals surface area (Å²) in [4.78, 5) is 0. The van der Waals surface area contributed by atoms with Crippen molar-refractivity contribution < 1.29 is 9.47 Å². The standard InChI is InChI=1S/C19H22ClNO2.ClH/c1-22-18-10-14(9-17(20)19(18)23-2)12-21-11-13-6-7-15-4-3-5-16(15)8-13;/h6-10,21H,3-5,11-12H2,1-2H3;1H. The van der Waals surface area contributed by atoms with Crippen molar-refractivity contribution in [2.75, 3.05) is 14.2 Å². The predicted octanol–water partition coefficient (Wildman–Crippen LogP) is 4.56. The first-order chi connectivity index (χ1) is 11.2. The van der Waals surface area contributed by atoms with Crippen LogP contribution in [0, 0.1) is 0 Å². The minimum Gasteiger partial charge on any atom is -0.493 e. The van der Waals surface area contributed by atoms with E-state index in [0.29, 0.717) is 16.5 Å². The first kappa shape index (κ1) is 18.9. The fourth-order valence-corrected chi connectivity index (χ4v) is 3.47. The molecular formula is C19H23Cl2NO2. The molecule has 0 heterocycles. The van der Waals surface area contributed by atoms with Crippen LogP contribution in [0.15, 0.2) is 30.3 Å². The van der Waals surface area contributed by atoms with Crippen LogP contribution in [-0.4, -0.2) is 14.2 Å². The van der Waals surface area contributed by atoms with Crippen LogP contribution in [0.2, 0.25) is 5.02 Å². The lowest BCUT2D eigenvalue weighted by Crippen LogP contribution is -2.13. The van der Waals surface area contributed by atoms with E-state index in [4.69, 9.17) is 21.1 Å². The van der Waals surface area contributed by atoms with E-state index in [1.807, 2.05) is 12.1 Å². The van der Waals surface area contributed by atoms with E-state index in [1.54, 1.807) is 14.2 Å². The van der Waals surface area contributed by atoms with E-state index in [2.05, 4.69) is 23.5 Å². The van der Waals surface area contributed by atoms with Crippen LogP contribution < -0.4 is 14.8 Å². The van der Waals surface area contributed by atoms with E-state index >= 15 is 0 Å². The minimum atomic E-state index is 0. The Bertz CT molecular complexity index is 704.